The van der Waals surface area contributed by atoms with Gasteiger partial charge in [0.25, 0.3) is 0 Å². The molecule has 1 saturated heterocycles. The zero-order valence-corrected chi connectivity index (χ0v) is 14.2. The minimum atomic E-state index is -0.974. The molecule has 122 valence electrons. The molecule has 1 fully saturated rings. The minimum absolute atomic E-state index is 0.0483. The lowest BCUT2D eigenvalue weighted by Gasteiger charge is -2.35. The van der Waals surface area contributed by atoms with E-state index in [0.29, 0.717) is 35.0 Å². The highest BCUT2D eigenvalue weighted by atomic mass is 35.5. The fraction of sp³-hybridized carbons (Fsp3) is 0.562. The zero-order valence-electron chi connectivity index (χ0n) is 12.7. The first-order chi connectivity index (χ1) is 10.4. The highest BCUT2D eigenvalue weighted by molar-refractivity contribution is 6.42. The molecule has 6 heteroatoms. The fourth-order valence-corrected chi connectivity index (χ4v) is 3.30. The number of rotatable bonds is 6. The molecule has 3 nitrogen and oxygen atoms in total. The van der Waals surface area contributed by atoms with Crippen LogP contribution in [0.15, 0.2) is 18.2 Å². The summed E-state index contributed by atoms with van der Waals surface area (Å²) < 4.78 is 18.7. The van der Waals surface area contributed by atoms with Crippen molar-refractivity contribution in [3.8, 4) is 0 Å². The maximum absolute atomic E-state index is 13.4. The quantitative estimate of drug-likeness (QED) is 0.792. The molecule has 1 heterocycles. The number of Topliss-reactive ketones (excluding diaryl/α,β-unsaturated/α-hetero) is 1. The molecular formula is C16H20Cl2FNO2. The van der Waals surface area contributed by atoms with Crippen LogP contribution >= 0.6 is 23.2 Å². The Balaban J connectivity index is 2.34. The van der Waals surface area contributed by atoms with Crippen LogP contribution in [0.5, 0.6) is 0 Å². The molecule has 0 spiro atoms. The molecule has 1 aliphatic heterocycles. The van der Waals surface area contributed by atoms with Gasteiger partial charge in [-0.1, -0.05) is 23.2 Å². The van der Waals surface area contributed by atoms with E-state index in [4.69, 9.17) is 27.9 Å². The number of ketones is 1. The number of carbonyl (C=O) groups is 1. The van der Waals surface area contributed by atoms with Gasteiger partial charge in [-0.3, -0.25) is 4.79 Å². The molecule has 1 N–H and O–H groups in total. The first kappa shape index (κ1) is 17.7. The van der Waals surface area contributed by atoms with Crippen LogP contribution in [0, 0.1) is 5.41 Å². The number of hydrogen-bond acceptors (Lipinski definition) is 3. The van der Waals surface area contributed by atoms with Crippen LogP contribution in [0.2, 0.25) is 10.0 Å². The summed E-state index contributed by atoms with van der Waals surface area (Å²) in [6.07, 6.45) is 0.962. The maximum Gasteiger partial charge on any atom is 0.170 e. The van der Waals surface area contributed by atoms with Crippen molar-refractivity contribution in [2.45, 2.75) is 25.4 Å². The van der Waals surface area contributed by atoms with Crippen molar-refractivity contribution < 1.29 is 13.9 Å². The van der Waals surface area contributed by atoms with Crippen molar-refractivity contribution in [1.82, 2.24) is 5.32 Å². The summed E-state index contributed by atoms with van der Waals surface area (Å²) in [4.78, 5) is 13.0. The number of benzene rings is 1. The van der Waals surface area contributed by atoms with Crippen LogP contribution in [0.4, 0.5) is 4.39 Å². The second-order valence-electron chi connectivity index (χ2n) is 6.13. The lowest BCUT2D eigenvalue weighted by Crippen LogP contribution is -2.44. The molecule has 0 aliphatic carbocycles. The van der Waals surface area contributed by atoms with Crippen molar-refractivity contribution in [1.29, 1.82) is 0 Å². The van der Waals surface area contributed by atoms with Crippen molar-refractivity contribution in [3.05, 3.63) is 33.8 Å². The number of ether oxygens (including phenoxy) is 1. The molecule has 0 saturated carbocycles. The van der Waals surface area contributed by atoms with Gasteiger partial charge in [0.2, 0.25) is 0 Å². The average molecular weight is 348 g/mol. The van der Waals surface area contributed by atoms with Gasteiger partial charge in [-0.05, 0) is 44.5 Å². The van der Waals surface area contributed by atoms with Gasteiger partial charge in [0, 0.05) is 19.2 Å². The Bertz CT molecular complexity index is 555. The van der Waals surface area contributed by atoms with E-state index in [1.54, 1.807) is 25.1 Å². The summed E-state index contributed by atoms with van der Waals surface area (Å²) in [5, 5.41) is 3.95. The van der Waals surface area contributed by atoms with Gasteiger partial charge < -0.3 is 10.1 Å². The predicted octanol–water partition coefficient (Wildman–Crippen LogP) is 3.92. The van der Waals surface area contributed by atoms with Crippen LogP contribution in [-0.4, -0.2) is 38.3 Å². The number of halogens is 3. The van der Waals surface area contributed by atoms with Crippen LogP contribution < -0.4 is 5.32 Å². The predicted molar refractivity (Wildman–Crippen MR) is 86.7 cm³/mol. The van der Waals surface area contributed by atoms with Gasteiger partial charge in [-0.25, -0.2) is 4.39 Å². The molecule has 0 amide bonds. The van der Waals surface area contributed by atoms with Gasteiger partial charge in [-0.15, -0.1) is 0 Å². The Labute approximate surface area is 140 Å². The zero-order chi connectivity index (χ0) is 16.4. The lowest BCUT2D eigenvalue weighted by atomic mass is 9.72. The number of alkyl halides is 1. The standard InChI is InChI=1S/C16H20Cl2FNO2/c1-15(9-19,22-2)8-16(5-6-20-10-16)14(21)11-3-4-12(17)13(18)7-11/h3-4,7,20H,5-6,8-10H2,1-2H3. The molecule has 2 rings (SSSR count). The SMILES string of the molecule is COC(C)(CF)CC1(C(=O)c2ccc(Cl)c(Cl)c2)CCNC1. The molecule has 2 atom stereocenters. The fourth-order valence-electron chi connectivity index (χ4n) is 3.00. The van der Waals surface area contributed by atoms with Crippen molar-refractivity contribution in [2.24, 2.45) is 5.41 Å². The van der Waals surface area contributed by atoms with E-state index in [-0.39, 0.29) is 5.78 Å². The Morgan fingerprint density at radius 2 is 2.18 bits per heavy atom. The molecule has 0 radical (unpaired) electrons. The first-order valence-corrected chi connectivity index (χ1v) is 7.93. The third-order valence-corrected chi connectivity index (χ3v) is 5.13. The Morgan fingerprint density at radius 1 is 1.45 bits per heavy atom. The second kappa shape index (κ2) is 6.83. The smallest absolute Gasteiger partial charge is 0.170 e. The van der Waals surface area contributed by atoms with Gasteiger partial charge in [0.05, 0.1) is 21.1 Å². The number of carbonyl (C=O) groups excluding carboxylic acids is 1. The molecule has 22 heavy (non-hydrogen) atoms. The largest absolute Gasteiger partial charge is 0.376 e. The Kier molecular flexibility index (Phi) is 5.49. The average Bonchev–Trinajstić information content (AvgIpc) is 2.98. The van der Waals surface area contributed by atoms with Gasteiger partial charge in [-0.2, -0.15) is 0 Å². The summed E-state index contributed by atoms with van der Waals surface area (Å²) in [6.45, 7) is 2.28. The maximum atomic E-state index is 13.4. The number of nitrogens with one attached hydrogen (secondary N) is 1. The van der Waals surface area contributed by atoms with E-state index in [2.05, 4.69) is 5.32 Å². The molecular weight excluding hydrogens is 328 g/mol. The van der Waals surface area contributed by atoms with Crippen LogP contribution in [-0.2, 0) is 4.74 Å². The summed E-state index contributed by atoms with van der Waals surface area (Å²) in [7, 11) is 1.47. The third-order valence-electron chi connectivity index (χ3n) is 4.39. The van der Waals surface area contributed by atoms with Crippen molar-refractivity contribution in [2.75, 3.05) is 26.9 Å². The lowest BCUT2D eigenvalue weighted by molar-refractivity contribution is -0.0424. The monoisotopic (exact) mass is 347 g/mol. The molecule has 2 unspecified atom stereocenters. The third kappa shape index (κ3) is 3.46. The molecule has 1 aliphatic rings. The molecule has 0 bridgehead atoms. The highest BCUT2D eigenvalue weighted by Crippen LogP contribution is 2.40. The van der Waals surface area contributed by atoms with Crippen LogP contribution in [0.25, 0.3) is 0 Å². The Morgan fingerprint density at radius 3 is 2.68 bits per heavy atom. The highest BCUT2D eigenvalue weighted by Gasteiger charge is 2.46. The van der Waals surface area contributed by atoms with Gasteiger partial charge in [0.15, 0.2) is 5.78 Å². The number of methoxy groups -OCH3 is 1. The summed E-state index contributed by atoms with van der Waals surface area (Å²) in [6, 6.07) is 4.85. The molecule has 1 aromatic rings. The van der Waals surface area contributed by atoms with E-state index < -0.39 is 17.7 Å². The molecule has 0 aromatic heterocycles. The normalized spacial score (nSPS) is 24.2. The van der Waals surface area contributed by atoms with E-state index in [1.165, 1.54) is 7.11 Å². The summed E-state index contributed by atoms with van der Waals surface area (Å²) >= 11 is 11.9. The molecule has 1 aromatic carbocycles. The van der Waals surface area contributed by atoms with Gasteiger partial charge >= 0.3 is 0 Å². The van der Waals surface area contributed by atoms with E-state index in [1.807, 2.05) is 0 Å². The van der Waals surface area contributed by atoms with Crippen LogP contribution in [0.3, 0.4) is 0 Å². The van der Waals surface area contributed by atoms with Crippen LogP contribution in [0.1, 0.15) is 30.1 Å². The topological polar surface area (TPSA) is 38.3 Å². The van der Waals surface area contributed by atoms with Crippen molar-refractivity contribution in [3.63, 3.8) is 0 Å². The van der Waals surface area contributed by atoms with Gasteiger partial charge in [0.1, 0.15) is 6.67 Å². The summed E-state index contributed by atoms with van der Waals surface area (Å²) in [5.74, 6) is -0.0483. The van der Waals surface area contributed by atoms with Crippen molar-refractivity contribution >= 4 is 29.0 Å². The Hall–Kier alpha value is -0.680. The van der Waals surface area contributed by atoms with E-state index in [9.17, 15) is 9.18 Å². The number of hydrogen-bond donors (Lipinski definition) is 1. The van der Waals surface area contributed by atoms with E-state index in [0.717, 1.165) is 6.54 Å². The summed E-state index contributed by atoms with van der Waals surface area (Å²) in [5.41, 5.74) is -1.17. The first-order valence-electron chi connectivity index (χ1n) is 7.17. The van der Waals surface area contributed by atoms with E-state index >= 15 is 0 Å². The second-order valence-corrected chi connectivity index (χ2v) is 6.94. The minimum Gasteiger partial charge on any atom is -0.376 e.